The Labute approximate surface area is 145 Å². The van der Waals surface area contributed by atoms with E-state index in [0.29, 0.717) is 16.5 Å². The van der Waals surface area contributed by atoms with E-state index in [4.69, 9.17) is 21.1 Å². The lowest BCUT2D eigenvalue weighted by Gasteiger charge is -2.14. The number of carbonyl (C=O) groups excluding carboxylic acids is 2. The molecule has 0 aromatic heterocycles. The summed E-state index contributed by atoms with van der Waals surface area (Å²) in [6.45, 7) is 3.17. The summed E-state index contributed by atoms with van der Waals surface area (Å²) in [5, 5.41) is 3.26. The Kier molecular flexibility index (Phi) is 6.21. The van der Waals surface area contributed by atoms with Crippen LogP contribution in [0.2, 0.25) is 5.02 Å². The molecule has 5 nitrogen and oxygen atoms in total. The van der Waals surface area contributed by atoms with Crippen molar-refractivity contribution in [3.05, 3.63) is 59.1 Å². The normalized spacial score (nSPS) is 11.5. The first-order chi connectivity index (χ1) is 11.4. The van der Waals surface area contributed by atoms with E-state index in [1.54, 1.807) is 36.4 Å². The van der Waals surface area contributed by atoms with E-state index in [2.05, 4.69) is 5.32 Å². The Morgan fingerprint density at radius 1 is 1.08 bits per heavy atom. The molecule has 1 atom stereocenters. The zero-order chi connectivity index (χ0) is 17.5. The van der Waals surface area contributed by atoms with Crippen LogP contribution in [0, 0.1) is 6.92 Å². The minimum atomic E-state index is -0.923. The lowest BCUT2D eigenvalue weighted by Crippen LogP contribution is -2.31. The molecule has 126 valence electrons. The van der Waals surface area contributed by atoms with E-state index >= 15 is 0 Å². The predicted octanol–water partition coefficient (Wildman–Crippen LogP) is 3.60. The van der Waals surface area contributed by atoms with Crippen molar-refractivity contribution in [2.75, 3.05) is 11.9 Å². The highest BCUT2D eigenvalue weighted by Gasteiger charge is 2.18. The standard InChI is InChI=1S/C18H18ClNO4/c1-12-3-7-15(8-4-12)20-18(22)13(2)24-17(21)11-23-16-9-5-14(19)6-10-16/h3-10,13H,11H2,1-2H3,(H,20,22). The third kappa shape index (κ3) is 5.59. The first kappa shape index (κ1) is 17.8. The van der Waals surface area contributed by atoms with E-state index in [9.17, 15) is 9.59 Å². The van der Waals surface area contributed by atoms with Gasteiger partial charge in [-0.3, -0.25) is 4.79 Å². The van der Waals surface area contributed by atoms with Gasteiger partial charge in [0.05, 0.1) is 0 Å². The van der Waals surface area contributed by atoms with Crippen molar-refractivity contribution >= 4 is 29.2 Å². The maximum atomic E-state index is 12.0. The van der Waals surface area contributed by atoms with Crippen LogP contribution in [0.15, 0.2) is 48.5 Å². The second-order valence-corrected chi connectivity index (χ2v) is 5.67. The van der Waals surface area contributed by atoms with Gasteiger partial charge < -0.3 is 14.8 Å². The highest BCUT2D eigenvalue weighted by Crippen LogP contribution is 2.15. The Morgan fingerprint density at radius 2 is 1.71 bits per heavy atom. The zero-order valence-corrected chi connectivity index (χ0v) is 14.2. The van der Waals surface area contributed by atoms with Crippen LogP contribution in [0.25, 0.3) is 0 Å². The fraction of sp³-hybridized carbons (Fsp3) is 0.222. The topological polar surface area (TPSA) is 64.6 Å². The number of esters is 1. The van der Waals surface area contributed by atoms with Crippen molar-refractivity contribution in [2.24, 2.45) is 0 Å². The lowest BCUT2D eigenvalue weighted by atomic mass is 10.2. The molecular formula is C18H18ClNO4. The summed E-state index contributed by atoms with van der Waals surface area (Å²) in [5.41, 5.74) is 1.73. The molecule has 2 rings (SSSR count). The van der Waals surface area contributed by atoms with Crippen molar-refractivity contribution < 1.29 is 19.1 Å². The molecule has 1 N–H and O–H groups in total. The quantitative estimate of drug-likeness (QED) is 0.811. The Morgan fingerprint density at radius 3 is 2.33 bits per heavy atom. The molecule has 0 heterocycles. The van der Waals surface area contributed by atoms with E-state index in [1.807, 2.05) is 19.1 Å². The van der Waals surface area contributed by atoms with Gasteiger partial charge in [-0.15, -0.1) is 0 Å². The summed E-state index contributed by atoms with van der Waals surface area (Å²) in [6, 6.07) is 13.9. The average molecular weight is 348 g/mol. The summed E-state index contributed by atoms with van der Waals surface area (Å²) in [5.74, 6) is -0.539. The van der Waals surface area contributed by atoms with Gasteiger partial charge in [0.1, 0.15) is 5.75 Å². The number of benzene rings is 2. The average Bonchev–Trinajstić information content (AvgIpc) is 2.56. The predicted molar refractivity (Wildman–Crippen MR) is 92.3 cm³/mol. The van der Waals surface area contributed by atoms with Gasteiger partial charge in [0.15, 0.2) is 12.7 Å². The van der Waals surface area contributed by atoms with Gasteiger partial charge in [-0.25, -0.2) is 4.79 Å². The number of rotatable bonds is 6. The number of hydrogen-bond donors (Lipinski definition) is 1. The van der Waals surface area contributed by atoms with Crippen molar-refractivity contribution in [1.29, 1.82) is 0 Å². The molecule has 0 radical (unpaired) electrons. The Balaban J connectivity index is 1.78. The minimum absolute atomic E-state index is 0.288. The molecule has 24 heavy (non-hydrogen) atoms. The van der Waals surface area contributed by atoms with Crippen LogP contribution in [0.1, 0.15) is 12.5 Å². The number of amides is 1. The molecule has 0 fully saturated rings. The number of carbonyl (C=O) groups is 2. The fourth-order valence-electron chi connectivity index (χ4n) is 1.84. The molecule has 0 bridgehead atoms. The molecule has 6 heteroatoms. The van der Waals surface area contributed by atoms with Gasteiger partial charge in [0.25, 0.3) is 5.91 Å². The minimum Gasteiger partial charge on any atom is -0.482 e. The van der Waals surface area contributed by atoms with Crippen molar-refractivity contribution in [3.63, 3.8) is 0 Å². The highest BCUT2D eigenvalue weighted by molar-refractivity contribution is 6.30. The van der Waals surface area contributed by atoms with Gasteiger partial charge in [-0.1, -0.05) is 29.3 Å². The van der Waals surface area contributed by atoms with Gasteiger partial charge in [-0.2, -0.15) is 0 Å². The van der Waals surface area contributed by atoms with Crippen LogP contribution in [0.4, 0.5) is 5.69 Å². The second-order valence-electron chi connectivity index (χ2n) is 5.23. The molecule has 0 saturated carbocycles. The molecular weight excluding hydrogens is 330 g/mol. The van der Waals surface area contributed by atoms with E-state index in [-0.39, 0.29) is 6.61 Å². The molecule has 2 aromatic carbocycles. The number of anilines is 1. The number of hydrogen-bond acceptors (Lipinski definition) is 4. The lowest BCUT2D eigenvalue weighted by molar-refractivity contribution is -0.155. The maximum absolute atomic E-state index is 12.0. The number of aryl methyl sites for hydroxylation is 1. The third-order valence-corrected chi connectivity index (χ3v) is 3.42. The van der Waals surface area contributed by atoms with E-state index in [0.717, 1.165) is 5.56 Å². The van der Waals surface area contributed by atoms with E-state index in [1.165, 1.54) is 6.92 Å². The molecule has 2 aromatic rings. The Bertz CT molecular complexity index is 698. The monoisotopic (exact) mass is 347 g/mol. The summed E-state index contributed by atoms with van der Waals surface area (Å²) in [7, 11) is 0. The van der Waals surface area contributed by atoms with Gasteiger partial charge >= 0.3 is 5.97 Å². The number of halogens is 1. The van der Waals surface area contributed by atoms with Gasteiger partial charge in [0.2, 0.25) is 0 Å². The Hall–Kier alpha value is -2.53. The SMILES string of the molecule is Cc1ccc(NC(=O)C(C)OC(=O)COc2ccc(Cl)cc2)cc1. The molecule has 0 spiro atoms. The molecule has 0 aliphatic heterocycles. The second kappa shape index (κ2) is 8.36. The fourth-order valence-corrected chi connectivity index (χ4v) is 1.96. The molecule has 1 amide bonds. The van der Waals surface area contributed by atoms with Gasteiger partial charge in [0, 0.05) is 10.7 Å². The first-order valence-electron chi connectivity index (χ1n) is 7.39. The van der Waals surface area contributed by atoms with Crippen LogP contribution in [0.5, 0.6) is 5.75 Å². The van der Waals surface area contributed by atoms with Crippen molar-refractivity contribution in [2.45, 2.75) is 20.0 Å². The zero-order valence-electron chi connectivity index (χ0n) is 13.4. The summed E-state index contributed by atoms with van der Waals surface area (Å²) >= 11 is 5.76. The maximum Gasteiger partial charge on any atom is 0.344 e. The highest BCUT2D eigenvalue weighted by atomic mass is 35.5. The van der Waals surface area contributed by atoms with Gasteiger partial charge in [-0.05, 0) is 50.2 Å². The third-order valence-electron chi connectivity index (χ3n) is 3.17. The summed E-state index contributed by atoms with van der Waals surface area (Å²) in [4.78, 5) is 23.7. The van der Waals surface area contributed by atoms with Crippen molar-refractivity contribution in [1.82, 2.24) is 0 Å². The largest absolute Gasteiger partial charge is 0.482 e. The van der Waals surface area contributed by atoms with Crippen LogP contribution in [-0.4, -0.2) is 24.6 Å². The smallest absolute Gasteiger partial charge is 0.344 e. The summed E-state index contributed by atoms with van der Waals surface area (Å²) < 4.78 is 10.3. The van der Waals surface area contributed by atoms with Crippen LogP contribution in [-0.2, 0) is 14.3 Å². The number of ether oxygens (including phenoxy) is 2. The molecule has 0 aliphatic carbocycles. The van der Waals surface area contributed by atoms with E-state index < -0.39 is 18.0 Å². The van der Waals surface area contributed by atoms with Crippen LogP contribution < -0.4 is 10.1 Å². The molecule has 0 aliphatic rings. The van der Waals surface area contributed by atoms with Crippen LogP contribution in [0.3, 0.4) is 0 Å². The summed E-state index contributed by atoms with van der Waals surface area (Å²) in [6.07, 6.45) is -0.923. The van der Waals surface area contributed by atoms with Crippen molar-refractivity contribution in [3.8, 4) is 5.75 Å². The number of nitrogens with one attached hydrogen (secondary N) is 1. The molecule has 0 saturated heterocycles. The van der Waals surface area contributed by atoms with Crippen LogP contribution >= 0.6 is 11.6 Å². The first-order valence-corrected chi connectivity index (χ1v) is 7.77. The molecule has 1 unspecified atom stereocenters.